The van der Waals surface area contributed by atoms with Crippen molar-refractivity contribution in [2.45, 2.75) is 13.5 Å². The summed E-state index contributed by atoms with van der Waals surface area (Å²) in [7, 11) is 0. The van der Waals surface area contributed by atoms with E-state index in [-0.39, 0.29) is 11.3 Å². The first-order valence-corrected chi connectivity index (χ1v) is 7.82. The molecule has 0 aliphatic heterocycles. The van der Waals surface area contributed by atoms with E-state index in [0.717, 1.165) is 16.0 Å². The van der Waals surface area contributed by atoms with Crippen molar-refractivity contribution in [1.29, 1.82) is 0 Å². The van der Waals surface area contributed by atoms with Gasteiger partial charge in [-0.2, -0.15) is 5.10 Å². The van der Waals surface area contributed by atoms with E-state index >= 15 is 0 Å². The Labute approximate surface area is 144 Å². The Morgan fingerprint density at radius 1 is 1.32 bits per heavy atom. The molecule has 0 aliphatic rings. The van der Waals surface area contributed by atoms with Crippen molar-refractivity contribution in [2.75, 3.05) is 0 Å². The summed E-state index contributed by atoms with van der Waals surface area (Å²) in [6.45, 7) is 1.30. The lowest BCUT2D eigenvalue weighted by molar-refractivity contribution is -0.137. The van der Waals surface area contributed by atoms with Crippen LogP contribution in [0, 0.1) is 0 Å². The highest BCUT2D eigenvalue weighted by molar-refractivity contribution is 7.22. The number of aromatic nitrogens is 5. The number of amides is 1. The minimum Gasteiger partial charge on any atom is -0.480 e. The molecule has 0 saturated carbocycles. The van der Waals surface area contributed by atoms with E-state index in [2.05, 4.69) is 20.1 Å². The Morgan fingerprint density at radius 2 is 2.00 bits per heavy atom. The van der Waals surface area contributed by atoms with Gasteiger partial charge in [-0.15, -0.1) is 11.3 Å². The standard InChI is InChI=1S/C14H13N7O3S/c1-6(15)2-8-17-3-7(4-18-8)14-19-13-11(25-14)10(12(16)24)20-21(13)5-9(22)23/h2-4H,5,15H2,1H3,(H2,16,24)(H,22,23). The quantitative estimate of drug-likeness (QED) is 0.591. The van der Waals surface area contributed by atoms with Crippen LogP contribution < -0.4 is 11.5 Å². The number of hydrogen-bond acceptors (Lipinski definition) is 8. The van der Waals surface area contributed by atoms with Gasteiger partial charge in [0.05, 0.1) is 0 Å². The molecule has 0 radical (unpaired) electrons. The molecule has 0 aliphatic carbocycles. The summed E-state index contributed by atoms with van der Waals surface area (Å²) in [5, 5.41) is 13.4. The summed E-state index contributed by atoms with van der Waals surface area (Å²) >= 11 is 1.16. The summed E-state index contributed by atoms with van der Waals surface area (Å²) in [6, 6.07) is 0. The van der Waals surface area contributed by atoms with Crippen LogP contribution in [0.4, 0.5) is 0 Å². The average Bonchev–Trinajstić information content (AvgIpc) is 3.07. The van der Waals surface area contributed by atoms with Crippen LogP contribution >= 0.6 is 11.3 Å². The highest BCUT2D eigenvalue weighted by Gasteiger charge is 2.21. The van der Waals surface area contributed by atoms with Gasteiger partial charge in [0.1, 0.15) is 16.3 Å². The van der Waals surface area contributed by atoms with Crippen LogP contribution in [-0.4, -0.2) is 41.7 Å². The third kappa shape index (κ3) is 3.30. The topological polar surface area (TPSA) is 163 Å². The Balaban J connectivity index is 2.07. The predicted octanol–water partition coefficient (Wildman–Crippen LogP) is 0.453. The predicted molar refractivity (Wildman–Crippen MR) is 90.4 cm³/mol. The van der Waals surface area contributed by atoms with Crippen LogP contribution in [-0.2, 0) is 11.3 Å². The van der Waals surface area contributed by atoms with Gasteiger partial charge < -0.3 is 16.6 Å². The largest absolute Gasteiger partial charge is 0.480 e. The normalized spacial score (nSPS) is 11.8. The Morgan fingerprint density at radius 3 is 2.56 bits per heavy atom. The zero-order valence-electron chi connectivity index (χ0n) is 13.0. The molecule has 3 aromatic heterocycles. The van der Waals surface area contributed by atoms with Gasteiger partial charge in [-0.25, -0.2) is 19.6 Å². The van der Waals surface area contributed by atoms with Gasteiger partial charge in [0.2, 0.25) is 0 Å². The van der Waals surface area contributed by atoms with Gasteiger partial charge in [0.25, 0.3) is 5.91 Å². The number of primary amides is 1. The highest BCUT2D eigenvalue weighted by atomic mass is 32.1. The van der Waals surface area contributed by atoms with Gasteiger partial charge in [0.15, 0.2) is 17.2 Å². The first-order valence-electron chi connectivity index (χ1n) is 7.00. The molecule has 5 N–H and O–H groups in total. The average molecular weight is 359 g/mol. The molecule has 0 unspecified atom stereocenters. The summed E-state index contributed by atoms with van der Waals surface area (Å²) in [5.41, 5.74) is 12.3. The lowest BCUT2D eigenvalue weighted by Crippen LogP contribution is -2.15. The second kappa shape index (κ2) is 6.28. The number of nitrogens with two attached hydrogens (primary N) is 2. The zero-order chi connectivity index (χ0) is 18.1. The van der Waals surface area contributed by atoms with Gasteiger partial charge in [-0.1, -0.05) is 0 Å². The number of allylic oxidation sites excluding steroid dienone is 1. The lowest BCUT2D eigenvalue weighted by Gasteiger charge is -1.98. The van der Waals surface area contributed by atoms with Crippen molar-refractivity contribution in [3.05, 3.63) is 29.6 Å². The van der Waals surface area contributed by atoms with Crippen molar-refractivity contribution in [2.24, 2.45) is 11.5 Å². The van der Waals surface area contributed by atoms with E-state index in [9.17, 15) is 9.59 Å². The summed E-state index contributed by atoms with van der Waals surface area (Å²) < 4.78 is 1.55. The number of carboxylic acids is 1. The maximum Gasteiger partial charge on any atom is 0.325 e. The number of nitrogens with zero attached hydrogens (tertiary/aromatic N) is 5. The molecular formula is C14H13N7O3S. The van der Waals surface area contributed by atoms with Crippen molar-refractivity contribution in [1.82, 2.24) is 24.7 Å². The summed E-state index contributed by atoms with van der Waals surface area (Å²) in [4.78, 5) is 35.2. The fourth-order valence-corrected chi connectivity index (χ4v) is 3.13. The van der Waals surface area contributed by atoms with Crippen molar-refractivity contribution < 1.29 is 14.7 Å². The monoisotopic (exact) mass is 359 g/mol. The molecule has 10 nitrogen and oxygen atoms in total. The second-order valence-corrected chi connectivity index (χ2v) is 6.15. The van der Waals surface area contributed by atoms with E-state index in [1.807, 2.05) is 0 Å². The van der Waals surface area contributed by atoms with E-state index in [0.29, 0.717) is 26.8 Å². The summed E-state index contributed by atoms with van der Waals surface area (Å²) in [6.07, 6.45) is 4.76. The van der Waals surface area contributed by atoms with Crippen LogP contribution in [0.25, 0.3) is 27.0 Å². The Hall–Kier alpha value is -3.34. The summed E-state index contributed by atoms with van der Waals surface area (Å²) in [5.74, 6) is -1.40. The fourth-order valence-electron chi connectivity index (χ4n) is 2.10. The van der Waals surface area contributed by atoms with Gasteiger partial charge >= 0.3 is 5.97 Å². The third-order valence-electron chi connectivity index (χ3n) is 3.08. The number of thiazole rings is 1. The van der Waals surface area contributed by atoms with Crippen LogP contribution in [0.5, 0.6) is 0 Å². The van der Waals surface area contributed by atoms with Crippen LogP contribution in [0.15, 0.2) is 18.1 Å². The molecule has 3 rings (SSSR count). The second-order valence-electron chi connectivity index (χ2n) is 5.15. The molecule has 25 heavy (non-hydrogen) atoms. The zero-order valence-corrected chi connectivity index (χ0v) is 13.8. The third-order valence-corrected chi connectivity index (χ3v) is 4.18. The molecule has 0 aromatic carbocycles. The molecule has 3 aromatic rings. The number of rotatable bonds is 5. The van der Waals surface area contributed by atoms with E-state index in [1.165, 1.54) is 0 Å². The molecule has 0 saturated heterocycles. The molecule has 128 valence electrons. The van der Waals surface area contributed by atoms with Crippen LogP contribution in [0.3, 0.4) is 0 Å². The van der Waals surface area contributed by atoms with Gasteiger partial charge in [-0.3, -0.25) is 9.59 Å². The number of hydrogen-bond donors (Lipinski definition) is 3. The lowest BCUT2D eigenvalue weighted by atomic mass is 10.3. The first kappa shape index (κ1) is 16.5. The van der Waals surface area contributed by atoms with Crippen LogP contribution in [0.2, 0.25) is 0 Å². The fraction of sp³-hybridized carbons (Fsp3) is 0.143. The first-order chi connectivity index (χ1) is 11.8. The Kier molecular flexibility index (Phi) is 4.15. The minimum atomic E-state index is -1.11. The SMILES string of the molecule is CC(N)=Cc1ncc(-c2nc3c(s2)c(C(N)=O)nn3CC(=O)O)cn1. The number of carbonyl (C=O) groups is 2. The van der Waals surface area contributed by atoms with Crippen molar-refractivity contribution in [3.63, 3.8) is 0 Å². The number of aliphatic carboxylic acids is 1. The van der Waals surface area contributed by atoms with E-state index in [1.54, 1.807) is 25.4 Å². The molecule has 1 amide bonds. The molecule has 0 spiro atoms. The molecule has 11 heteroatoms. The maximum atomic E-state index is 11.5. The molecule has 3 heterocycles. The number of carboxylic acid groups (broad SMARTS) is 1. The van der Waals surface area contributed by atoms with Gasteiger partial charge in [-0.05, 0) is 6.92 Å². The van der Waals surface area contributed by atoms with Crippen molar-refractivity contribution in [3.8, 4) is 10.6 Å². The minimum absolute atomic E-state index is 0.0146. The molecule has 0 atom stereocenters. The molecule has 0 bridgehead atoms. The number of carbonyl (C=O) groups excluding carboxylic acids is 1. The maximum absolute atomic E-state index is 11.5. The van der Waals surface area contributed by atoms with Crippen molar-refractivity contribution >= 4 is 39.6 Å². The van der Waals surface area contributed by atoms with E-state index in [4.69, 9.17) is 16.6 Å². The van der Waals surface area contributed by atoms with E-state index < -0.39 is 18.4 Å². The molecule has 0 fully saturated rings. The Bertz CT molecular complexity index is 1000. The van der Waals surface area contributed by atoms with Crippen LogP contribution in [0.1, 0.15) is 23.2 Å². The van der Waals surface area contributed by atoms with Gasteiger partial charge in [0, 0.05) is 29.7 Å². The highest BCUT2D eigenvalue weighted by Crippen LogP contribution is 2.31. The molecular weight excluding hydrogens is 346 g/mol. The number of fused-ring (bicyclic) bond motifs is 1. The smallest absolute Gasteiger partial charge is 0.325 e.